The zero-order valence-electron chi connectivity index (χ0n) is 15.2. The summed E-state index contributed by atoms with van der Waals surface area (Å²) in [5.41, 5.74) is 1.04. The van der Waals surface area contributed by atoms with E-state index in [0.29, 0.717) is 12.8 Å². The summed E-state index contributed by atoms with van der Waals surface area (Å²) in [6.07, 6.45) is 4.91. The molecule has 1 fully saturated rings. The van der Waals surface area contributed by atoms with Gasteiger partial charge in [0.1, 0.15) is 6.04 Å². The normalized spacial score (nSPS) is 16.7. The second-order valence-corrected chi connectivity index (χ2v) is 7.05. The molecule has 26 heavy (non-hydrogen) atoms. The fourth-order valence-corrected chi connectivity index (χ4v) is 3.62. The van der Waals surface area contributed by atoms with Crippen LogP contribution in [0.15, 0.2) is 30.3 Å². The molecule has 1 aliphatic rings. The van der Waals surface area contributed by atoms with Crippen LogP contribution in [0.1, 0.15) is 51.0 Å². The van der Waals surface area contributed by atoms with Gasteiger partial charge in [0.2, 0.25) is 11.8 Å². The van der Waals surface area contributed by atoms with Gasteiger partial charge in [-0.1, -0.05) is 43.2 Å². The number of amides is 2. The number of carboxylic acids is 1. The molecule has 0 bridgehead atoms. The van der Waals surface area contributed by atoms with Crippen LogP contribution in [0.5, 0.6) is 0 Å². The van der Waals surface area contributed by atoms with Crippen LogP contribution in [-0.4, -0.2) is 35.0 Å². The summed E-state index contributed by atoms with van der Waals surface area (Å²) in [6, 6.07) is 8.86. The highest BCUT2D eigenvalue weighted by atomic mass is 16.4. The number of carbonyl (C=O) groups is 3. The Morgan fingerprint density at radius 3 is 2.35 bits per heavy atom. The van der Waals surface area contributed by atoms with E-state index in [9.17, 15) is 14.4 Å². The fraction of sp³-hybridized carbons (Fsp3) is 0.550. The van der Waals surface area contributed by atoms with Crippen molar-refractivity contribution < 1.29 is 19.5 Å². The van der Waals surface area contributed by atoms with Gasteiger partial charge in [0.15, 0.2) is 0 Å². The fourth-order valence-electron chi connectivity index (χ4n) is 3.62. The van der Waals surface area contributed by atoms with Crippen LogP contribution >= 0.6 is 0 Å². The lowest BCUT2D eigenvalue weighted by atomic mass is 9.95. The second-order valence-electron chi connectivity index (χ2n) is 7.05. The lowest BCUT2D eigenvalue weighted by Crippen LogP contribution is -2.52. The van der Waals surface area contributed by atoms with Crippen LogP contribution in [0.4, 0.5) is 0 Å². The van der Waals surface area contributed by atoms with E-state index < -0.39 is 12.0 Å². The minimum atomic E-state index is -0.883. The van der Waals surface area contributed by atoms with E-state index in [1.165, 1.54) is 6.92 Å². The van der Waals surface area contributed by atoms with Crippen molar-refractivity contribution in [1.29, 1.82) is 0 Å². The number of nitrogens with one attached hydrogen (secondary N) is 2. The first-order valence-electron chi connectivity index (χ1n) is 9.29. The van der Waals surface area contributed by atoms with E-state index in [1.807, 2.05) is 30.3 Å². The molecule has 2 rings (SSSR count). The summed E-state index contributed by atoms with van der Waals surface area (Å²) in [6.45, 7) is 1.42. The summed E-state index contributed by atoms with van der Waals surface area (Å²) < 4.78 is 0. The first kappa shape index (κ1) is 19.9. The van der Waals surface area contributed by atoms with Crippen molar-refractivity contribution in [3.05, 3.63) is 35.9 Å². The monoisotopic (exact) mass is 360 g/mol. The highest BCUT2D eigenvalue weighted by molar-refractivity contribution is 5.87. The molecule has 6 nitrogen and oxygen atoms in total. The molecule has 2 atom stereocenters. The second kappa shape index (κ2) is 9.94. The SMILES string of the molecule is CC(=O)NC(C(=O)NC(CCC(=O)O)Cc1ccccc1)C1CCCC1. The standard InChI is InChI=1S/C20H28N2O4/c1-14(23)21-19(16-9-5-6-10-16)20(26)22-17(11-12-18(24)25)13-15-7-3-2-4-8-15/h2-4,7-8,16-17,19H,5-6,9-13H2,1H3,(H,21,23)(H,22,26)(H,24,25). The molecular weight excluding hydrogens is 332 g/mol. The molecule has 1 aromatic rings. The Morgan fingerprint density at radius 2 is 1.77 bits per heavy atom. The summed E-state index contributed by atoms with van der Waals surface area (Å²) in [5.74, 6) is -1.16. The van der Waals surface area contributed by atoms with Gasteiger partial charge in [0.05, 0.1) is 0 Å². The Balaban J connectivity index is 2.05. The number of hydrogen-bond donors (Lipinski definition) is 3. The number of aliphatic carboxylic acids is 1. The van der Waals surface area contributed by atoms with Gasteiger partial charge in [-0.2, -0.15) is 0 Å². The number of rotatable bonds is 9. The molecule has 0 saturated heterocycles. The number of benzene rings is 1. The summed E-state index contributed by atoms with van der Waals surface area (Å²) >= 11 is 0. The third kappa shape index (κ3) is 6.50. The van der Waals surface area contributed by atoms with Crippen molar-refractivity contribution in [3.63, 3.8) is 0 Å². The maximum Gasteiger partial charge on any atom is 0.303 e. The van der Waals surface area contributed by atoms with Crippen LogP contribution in [0.25, 0.3) is 0 Å². The Hall–Kier alpha value is -2.37. The lowest BCUT2D eigenvalue weighted by Gasteiger charge is -2.26. The van der Waals surface area contributed by atoms with E-state index in [2.05, 4.69) is 10.6 Å². The molecule has 1 aliphatic carbocycles. The van der Waals surface area contributed by atoms with Crippen molar-refractivity contribution in [2.24, 2.45) is 5.92 Å². The van der Waals surface area contributed by atoms with Gasteiger partial charge >= 0.3 is 5.97 Å². The van der Waals surface area contributed by atoms with Gasteiger partial charge in [-0.3, -0.25) is 14.4 Å². The van der Waals surface area contributed by atoms with Crippen LogP contribution < -0.4 is 10.6 Å². The average Bonchev–Trinajstić information content (AvgIpc) is 3.12. The summed E-state index contributed by atoms with van der Waals surface area (Å²) in [4.78, 5) is 35.3. The molecule has 2 amide bonds. The van der Waals surface area contributed by atoms with Crippen molar-refractivity contribution >= 4 is 17.8 Å². The smallest absolute Gasteiger partial charge is 0.303 e. The predicted molar refractivity (Wildman–Crippen MR) is 98.5 cm³/mol. The van der Waals surface area contributed by atoms with Crippen LogP contribution in [0.2, 0.25) is 0 Å². The van der Waals surface area contributed by atoms with Gasteiger partial charge in [-0.15, -0.1) is 0 Å². The van der Waals surface area contributed by atoms with Gasteiger partial charge in [-0.05, 0) is 37.2 Å². The minimum Gasteiger partial charge on any atom is -0.481 e. The molecule has 1 aromatic carbocycles. The Labute approximate surface area is 154 Å². The molecule has 6 heteroatoms. The number of carboxylic acid groups (broad SMARTS) is 1. The van der Waals surface area contributed by atoms with E-state index in [-0.39, 0.29) is 30.2 Å². The van der Waals surface area contributed by atoms with Crippen molar-refractivity contribution in [2.45, 2.75) is 64.0 Å². The maximum absolute atomic E-state index is 12.8. The molecule has 3 N–H and O–H groups in total. The highest BCUT2D eigenvalue weighted by Gasteiger charge is 2.32. The predicted octanol–water partition coefficient (Wildman–Crippen LogP) is 2.27. The van der Waals surface area contributed by atoms with E-state index in [0.717, 1.165) is 31.2 Å². The number of carbonyl (C=O) groups excluding carboxylic acids is 2. The zero-order valence-corrected chi connectivity index (χ0v) is 15.2. The summed E-state index contributed by atoms with van der Waals surface area (Å²) in [7, 11) is 0. The largest absolute Gasteiger partial charge is 0.481 e. The van der Waals surface area contributed by atoms with Gasteiger partial charge in [0.25, 0.3) is 0 Å². The van der Waals surface area contributed by atoms with E-state index >= 15 is 0 Å². The topological polar surface area (TPSA) is 95.5 Å². The molecular formula is C20H28N2O4. The number of hydrogen-bond acceptors (Lipinski definition) is 3. The minimum absolute atomic E-state index is 0.00792. The molecule has 0 heterocycles. The summed E-state index contributed by atoms with van der Waals surface area (Å²) in [5, 5.41) is 14.8. The van der Waals surface area contributed by atoms with E-state index in [1.54, 1.807) is 0 Å². The molecule has 0 aliphatic heterocycles. The molecule has 0 radical (unpaired) electrons. The Kier molecular flexibility index (Phi) is 7.63. The van der Waals surface area contributed by atoms with Crippen LogP contribution in [0.3, 0.4) is 0 Å². The molecule has 0 spiro atoms. The van der Waals surface area contributed by atoms with E-state index in [4.69, 9.17) is 5.11 Å². The van der Waals surface area contributed by atoms with Gasteiger partial charge in [0, 0.05) is 19.4 Å². The lowest BCUT2D eigenvalue weighted by molar-refractivity contribution is -0.137. The van der Waals surface area contributed by atoms with Crippen molar-refractivity contribution in [1.82, 2.24) is 10.6 Å². The average molecular weight is 360 g/mol. The third-order valence-corrected chi connectivity index (χ3v) is 4.89. The molecule has 1 saturated carbocycles. The van der Waals surface area contributed by atoms with Crippen molar-refractivity contribution in [3.8, 4) is 0 Å². The van der Waals surface area contributed by atoms with Crippen molar-refractivity contribution in [2.75, 3.05) is 0 Å². The quantitative estimate of drug-likeness (QED) is 0.629. The van der Waals surface area contributed by atoms with Crippen LogP contribution in [0, 0.1) is 5.92 Å². The zero-order chi connectivity index (χ0) is 18.9. The Bertz CT molecular complexity index is 611. The molecule has 0 aromatic heterocycles. The first-order chi connectivity index (χ1) is 12.5. The maximum atomic E-state index is 12.8. The third-order valence-electron chi connectivity index (χ3n) is 4.89. The van der Waals surface area contributed by atoms with Crippen LogP contribution in [-0.2, 0) is 20.8 Å². The Morgan fingerprint density at radius 1 is 1.12 bits per heavy atom. The highest BCUT2D eigenvalue weighted by Crippen LogP contribution is 2.28. The van der Waals surface area contributed by atoms with Gasteiger partial charge < -0.3 is 15.7 Å². The first-order valence-corrected chi connectivity index (χ1v) is 9.29. The van der Waals surface area contributed by atoms with Gasteiger partial charge in [-0.25, -0.2) is 0 Å². The molecule has 2 unspecified atom stereocenters. The molecule has 142 valence electrons.